The molecule has 5 nitrogen and oxygen atoms in total. The van der Waals surface area contributed by atoms with Crippen LogP contribution in [0.5, 0.6) is 0 Å². The van der Waals surface area contributed by atoms with Crippen molar-refractivity contribution in [3.8, 4) is 0 Å². The van der Waals surface area contributed by atoms with E-state index in [2.05, 4.69) is 15.5 Å². The maximum absolute atomic E-state index is 12.1. The lowest BCUT2D eigenvalue weighted by Gasteiger charge is -2.11. The van der Waals surface area contributed by atoms with E-state index in [0.29, 0.717) is 18.0 Å². The predicted molar refractivity (Wildman–Crippen MR) is 76.4 cm³/mol. The van der Waals surface area contributed by atoms with Crippen LogP contribution in [-0.2, 0) is 0 Å². The van der Waals surface area contributed by atoms with Gasteiger partial charge in [0.25, 0.3) is 5.91 Å². The van der Waals surface area contributed by atoms with Crippen LogP contribution < -0.4 is 11.1 Å². The Labute approximate surface area is 117 Å². The second kappa shape index (κ2) is 5.59. The highest BCUT2D eigenvalue weighted by atomic mass is 35.5. The molecule has 4 N–H and O–H groups in total. The van der Waals surface area contributed by atoms with E-state index in [1.165, 1.54) is 12.8 Å². The molecule has 2 aromatic rings. The molecule has 1 heterocycles. The van der Waals surface area contributed by atoms with Crippen molar-refractivity contribution < 1.29 is 4.79 Å². The fourth-order valence-corrected chi connectivity index (χ4v) is 2.15. The summed E-state index contributed by atoms with van der Waals surface area (Å²) in [5, 5.41) is 10.6. The summed E-state index contributed by atoms with van der Waals surface area (Å²) in [5.41, 5.74) is 7.35. The molecule has 1 saturated carbocycles. The van der Waals surface area contributed by atoms with Crippen LogP contribution in [0.3, 0.4) is 0 Å². The molecule has 102 valence electrons. The van der Waals surface area contributed by atoms with Crippen molar-refractivity contribution in [2.75, 3.05) is 6.54 Å². The zero-order chi connectivity index (χ0) is 12.5. The van der Waals surface area contributed by atoms with Crippen LogP contribution in [0.2, 0.25) is 0 Å². The van der Waals surface area contributed by atoms with Gasteiger partial charge in [0.05, 0.1) is 17.3 Å². The summed E-state index contributed by atoms with van der Waals surface area (Å²) in [5.74, 6) is 0.495. The van der Waals surface area contributed by atoms with Gasteiger partial charge in [0.1, 0.15) is 0 Å². The van der Waals surface area contributed by atoms with Crippen molar-refractivity contribution in [1.82, 2.24) is 15.5 Å². The number of para-hydroxylation sites is 1. The van der Waals surface area contributed by atoms with Crippen LogP contribution in [0.4, 0.5) is 0 Å². The average molecular weight is 281 g/mol. The number of amides is 1. The Bertz CT molecular complexity index is 579. The Hall–Kier alpha value is -1.59. The average Bonchev–Trinajstić information content (AvgIpc) is 3.12. The van der Waals surface area contributed by atoms with Crippen molar-refractivity contribution in [2.45, 2.75) is 18.9 Å². The number of aromatic amines is 1. The van der Waals surface area contributed by atoms with E-state index >= 15 is 0 Å². The molecule has 1 aliphatic carbocycles. The molecule has 1 atom stereocenters. The number of carbonyl (C=O) groups excluding carboxylic acids is 1. The lowest BCUT2D eigenvalue weighted by atomic mass is 10.1. The molecule has 0 aliphatic heterocycles. The van der Waals surface area contributed by atoms with Gasteiger partial charge in [0, 0.05) is 18.0 Å². The van der Waals surface area contributed by atoms with E-state index < -0.39 is 0 Å². The highest BCUT2D eigenvalue weighted by molar-refractivity contribution is 6.05. The van der Waals surface area contributed by atoms with Crippen LogP contribution in [0, 0.1) is 5.92 Å². The molecular weight excluding hydrogens is 264 g/mol. The molecule has 3 rings (SSSR count). The van der Waals surface area contributed by atoms with Gasteiger partial charge < -0.3 is 11.1 Å². The van der Waals surface area contributed by atoms with E-state index in [-0.39, 0.29) is 24.4 Å². The number of nitrogens with zero attached hydrogens (tertiary/aromatic N) is 1. The SMILES string of the molecule is Cl.NC(CNC(=O)c1cccc2cn[nH]c12)C1CC1. The number of nitrogens with two attached hydrogens (primary N) is 1. The minimum atomic E-state index is -0.0963. The van der Waals surface area contributed by atoms with Gasteiger partial charge in [0.15, 0.2) is 0 Å². The first-order chi connectivity index (χ1) is 8.75. The fraction of sp³-hybridized carbons (Fsp3) is 0.385. The molecular formula is C13H17ClN4O. The molecule has 0 saturated heterocycles. The van der Waals surface area contributed by atoms with Gasteiger partial charge in [-0.1, -0.05) is 12.1 Å². The van der Waals surface area contributed by atoms with E-state index in [4.69, 9.17) is 5.73 Å². The number of hydrogen-bond donors (Lipinski definition) is 3. The summed E-state index contributed by atoms with van der Waals surface area (Å²) in [7, 11) is 0. The Morgan fingerprint density at radius 2 is 2.32 bits per heavy atom. The predicted octanol–water partition coefficient (Wildman–Crippen LogP) is 1.45. The Morgan fingerprint density at radius 1 is 1.53 bits per heavy atom. The molecule has 19 heavy (non-hydrogen) atoms. The first-order valence-electron chi connectivity index (χ1n) is 6.21. The molecule has 1 aromatic heterocycles. The number of nitrogens with one attached hydrogen (secondary N) is 2. The van der Waals surface area contributed by atoms with Gasteiger partial charge in [-0.3, -0.25) is 9.89 Å². The van der Waals surface area contributed by atoms with Crippen molar-refractivity contribution in [1.29, 1.82) is 0 Å². The summed E-state index contributed by atoms with van der Waals surface area (Å²) in [4.78, 5) is 12.1. The van der Waals surface area contributed by atoms with Gasteiger partial charge in [-0.15, -0.1) is 12.4 Å². The first kappa shape index (κ1) is 13.8. The number of H-pyrrole nitrogens is 1. The standard InChI is InChI=1S/C13H16N4O.ClH/c14-11(8-4-5-8)7-15-13(18)10-3-1-2-9-6-16-17-12(9)10;/h1-3,6,8,11H,4-5,7,14H2,(H,15,18)(H,16,17);1H. The monoisotopic (exact) mass is 280 g/mol. The fourth-order valence-electron chi connectivity index (χ4n) is 2.15. The Morgan fingerprint density at radius 3 is 3.05 bits per heavy atom. The third-order valence-corrected chi connectivity index (χ3v) is 3.45. The van der Waals surface area contributed by atoms with Gasteiger partial charge in [0.2, 0.25) is 0 Å². The minimum absolute atomic E-state index is 0. The van der Waals surface area contributed by atoms with Crippen LogP contribution >= 0.6 is 12.4 Å². The molecule has 1 amide bonds. The molecule has 1 aromatic carbocycles. The minimum Gasteiger partial charge on any atom is -0.350 e. The molecule has 1 aliphatic rings. The maximum atomic E-state index is 12.1. The summed E-state index contributed by atoms with van der Waals surface area (Å²) in [6.07, 6.45) is 4.09. The number of hydrogen-bond acceptors (Lipinski definition) is 3. The molecule has 1 unspecified atom stereocenters. The first-order valence-corrected chi connectivity index (χ1v) is 6.21. The van der Waals surface area contributed by atoms with Crippen molar-refractivity contribution in [2.24, 2.45) is 11.7 Å². The highest BCUT2D eigenvalue weighted by Crippen LogP contribution is 2.31. The maximum Gasteiger partial charge on any atom is 0.253 e. The molecule has 1 fully saturated rings. The quantitative estimate of drug-likeness (QED) is 0.793. The van der Waals surface area contributed by atoms with Crippen LogP contribution in [0.15, 0.2) is 24.4 Å². The van der Waals surface area contributed by atoms with Crippen molar-refractivity contribution in [3.05, 3.63) is 30.0 Å². The summed E-state index contributed by atoms with van der Waals surface area (Å²) >= 11 is 0. The van der Waals surface area contributed by atoms with Gasteiger partial charge in [-0.25, -0.2) is 0 Å². The van der Waals surface area contributed by atoms with Crippen molar-refractivity contribution in [3.63, 3.8) is 0 Å². The zero-order valence-electron chi connectivity index (χ0n) is 10.4. The largest absolute Gasteiger partial charge is 0.350 e. The topological polar surface area (TPSA) is 83.8 Å². The van der Waals surface area contributed by atoms with Crippen LogP contribution in [0.1, 0.15) is 23.2 Å². The summed E-state index contributed by atoms with van der Waals surface area (Å²) in [6.45, 7) is 0.536. The number of halogens is 1. The number of benzene rings is 1. The van der Waals surface area contributed by atoms with Gasteiger partial charge in [-0.05, 0) is 24.8 Å². The molecule has 0 radical (unpaired) electrons. The van der Waals surface area contributed by atoms with E-state index in [9.17, 15) is 4.79 Å². The Kier molecular flexibility index (Phi) is 4.07. The Balaban J connectivity index is 0.00000133. The third kappa shape index (κ3) is 2.88. The summed E-state index contributed by atoms with van der Waals surface area (Å²) in [6, 6.07) is 5.65. The van der Waals surface area contributed by atoms with Gasteiger partial charge >= 0.3 is 0 Å². The molecule has 0 spiro atoms. The number of rotatable bonds is 4. The third-order valence-electron chi connectivity index (χ3n) is 3.45. The number of carbonyl (C=O) groups is 1. The second-order valence-corrected chi connectivity index (χ2v) is 4.85. The van der Waals surface area contributed by atoms with Crippen LogP contribution in [-0.4, -0.2) is 28.7 Å². The number of aromatic nitrogens is 2. The van der Waals surface area contributed by atoms with E-state index in [1.54, 1.807) is 12.3 Å². The van der Waals surface area contributed by atoms with Crippen molar-refractivity contribution >= 4 is 29.2 Å². The summed E-state index contributed by atoms with van der Waals surface area (Å²) < 4.78 is 0. The highest BCUT2D eigenvalue weighted by Gasteiger charge is 2.28. The second-order valence-electron chi connectivity index (χ2n) is 4.85. The van der Waals surface area contributed by atoms with Crippen LogP contribution in [0.25, 0.3) is 10.9 Å². The molecule has 0 bridgehead atoms. The van der Waals surface area contributed by atoms with E-state index in [0.717, 1.165) is 10.9 Å². The lowest BCUT2D eigenvalue weighted by molar-refractivity contribution is 0.0952. The lowest BCUT2D eigenvalue weighted by Crippen LogP contribution is -2.38. The zero-order valence-corrected chi connectivity index (χ0v) is 11.2. The van der Waals surface area contributed by atoms with Gasteiger partial charge in [-0.2, -0.15) is 5.10 Å². The van der Waals surface area contributed by atoms with E-state index in [1.807, 2.05) is 12.1 Å². The normalized spacial score (nSPS) is 15.8. The number of fused-ring (bicyclic) bond motifs is 1. The smallest absolute Gasteiger partial charge is 0.253 e. The molecule has 6 heteroatoms.